The van der Waals surface area contributed by atoms with Crippen LogP contribution in [0.4, 0.5) is 23.4 Å². The third-order valence-corrected chi connectivity index (χ3v) is 6.04. The number of hydrogen-bond donors (Lipinski definition) is 3. The first-order valence-corrected chi connectivity index (χ1v) is 11.7. The predicted octanol–water partition coefficient (Wildman–Crippen LogP) is 3.47. The number of methoxy groups -OCH3 is 1. The molecular formula is C25H29N9O. The van der Waals surface area contributed by atoms with Crippen LogP contribution in [-0.2, 0) is 6.54 Å². The highest BCUT2D eigenvalue weighted by molar-refractivity contribution is 5.63. The maximum absolute atomic E-state index is 6.14. The number of piperidine rings is 1. The molecule has 4 aromatic rings. The molecule has 0 bridgehead atoms. The summed E-state index contributed by atoms with van der Waals surface area (Å²) >= 11 is 0. The zero-order chi connectivity index (χ0) is 24.0. The van der Waals surface area contributed by atoms with Crippen LogP contribution in [-0.4, -0.2) is 55.9 Å². The fourth-order valence-electron chi connectivity index (χ4n) is 4.24. The number of hydrogen-bond acceptors (Lipinski definition) is 9. The third kappa shape index (κ3) is 5.49. The van der Waals surface area contributed by atoms with E-state index in [1.807, 2.05) is 30.3 Å². The van der Waals surface area contributed by atoms with Gasteiger partial charge in [-0.2, -0.15) is 9.67 Å². The predicted molar refractivity (Wildman–Crippen MR) is 136 cm³/mol. The van der Waals surface area contributed by atoms with Crippen molar-refractivity contribution in [2.24, 2.45) is 0 Å². The molecular weight excluding hydrogens is 442 g/mol. The van der Waals surface area contributed by atoms with Crippen molar-refractivity contribution in [3.8, 4) is 11.6 Å². The number of benzene rings is 2. The summed E-state index contributed by atoms with van der Waals surface area (Å²) in [5.74, 6) is 2.55. The van der Waals surface area contributed by atoms with E-state index in [1.54, 1.807) is 7.11 Å². The molecule has 2 aromatic carbocycles. The molecule has 0 aliphatic carbocycles. The molecule has 1 aliphatic rings. The molecule has 0 spiro atoms. The molecule has 35 heavy (non-hydrogen) atoms. The number of nitrogens with zero attached hydrogens (tertiary/aromatic N) is 6. The van der Waals surface area contributed by atoms with Crippen molar-refractivity contribution in [2.45, 2.75) is 25.4 Å². The molecule has 1 fully saturated rings. The van der Waals surface area contributed by atoms with E-state index in [0.717, 1.165) is 44.0 Å². The van der Waals surface area contributed by atoms with E-state index < -0.39 is 0 Å². The van der Waals surface area contributed by atoms with Crippen LogP contribution >= 0.6 is 0 Å². The molecule has 4 N–H and O–H groups in total. The molecule has 180 valence electrons. The van der Waals surface area contributed by atoms with Crippen molar-refractivity contribution in [1.82, 2.24) is 29.6 Å². The van der Waals surface area contributed by atoms with Gasteiger partial charge < -0.3 is 21.1 Å². The summed E-state index contributed by atoms with van der Waals surface area (Å²) in [6.07, 6.45) is 3.60. The Morgan fingerprint density at radius 2 is 1.80 bits per heavy atom. The number of para-hydroxylation sites is 2. The van der Waals surface area contributed by atoms with Gasteiger partial charge in [0.05, 0.1) is 12.8 Å². The summed E-state index contributed by atoms with van der Waals surface area (Å²) in [5.41, 5.74) is 8.24. The lowest BCUT2D eigenvalue weighted by atomic mass is 10.0. The molecule has 0 saturated carbocycles. The Morgan fingerprint density at radius 3 is 2.60 bits per heavy atom. The summed E-state index contributed by atoms with van der Waals surface area (Å²) < 4.78 is 6.87. The van der Waals surface area contributed by atoms with Gasteiger partial charge in [0, 0.05) is 31.7 Å². The zero-order valence-corrected chi connectivity index (χ0v) is 19.6. The Hall–Kier alpha value is -4.18. The zero-order valence-electron chi connectivity index (χ0n) is 19.6. The Morgan fingerprint density at radius 1 is 1.03 bits per heavy atom. The quantitative estimate of drug-likeness (QED) is 0.355. The van der Waals surface area contributed by atoms with E-state index in [0.29, 0.717) is 23.6 Å². The molecule has 1 saturated heterocycles. The second kappa shape index (κ2) is 10.4. The summed E-state index contributed by atoms with van der Waals surface area (Å²) in [4.78, 5) is 15.6. The number of nitrogen functional groups attached to an aromatic ring is 1. The van der Waals surface area contributed by atoms with E-state index in [4.69, 9.17) is 10.5 Å². The first kappa shape index (κ1) is 22.6. The van der Waals surface area contributed by atoms with Crippen molar-refractivity contribution in [2.75, 3.05) is 36.6 Å². The van der Waals surface area contributed by atoms with Gasteiger partial charge in [-0.15, -0.1) is 5.10 Å². The van der Waals surface area contributed by atoms with Crippen molar-refractivity contribution in [3.63, 3.8) is 0 Å². The van der Waals surface area contributed by atoms with Gasteiger partial charge in [-0.25, -0.2) is 9.97 Å². The van der Waals surface area contributed by atoms with Gasteiger partial charge in [0.25, 0.3) is 0 Å². The standard InChI is InChI=1S/C25H29N9O/c1-35-21-10-6-5-9-20(21)30-25-31-24(26)34(32-25)23-15-22(27-17-28-23)29-19-11-13-33(14-12-19)16-18-7-3-2-4-8-18/h2-10,15,17,19H,11-14,16H2,1H3,(H,27,28,29)(H3,26,30,31,32). The van der Waals surface area contributed by atoms with Crippen LogP contribution in [0.5, 0.6) is 5.75 Å². The number of anilines is 4. The second-order valence-electron chi connectivity index (χ2n) is 8.47. The van der Waals surface area contributed by atoms with Gasteiger partial charge in [-0.1, -0.05) is 42.5 Å². The minimum Gasteiger partial charge on any atom is -0.495 e. The van der Waals surface area contributed by atoms with Gasteiger partial charge in [0.15, 0.2) is 5.82 Å². The lowest BCUT2D eigenvalue weighted by molar-refractivity contribution is 0.211. The van der Waals surface area contributed by atoms with Gasteiger partial charge in [-0.3, -0.25) is 4.90 Å². The van der Waals surface area contributed by atoms with Crippen molar-refractivity contribution in [1.29, 1.82) is 0 Å². The molecule has 0 radical (unpaired) electrons. The average Bonchev–Trinajstić information content (AvgIpc) is 3.26. The van der Waals surface area contributed by atoms with Gasteiger partial charge >= 0.3 is 0 Å². The van der Waals surface area contributed by atoms with E-state index in [-0.39, 0.29) is 5.95 Å². The van der Waals surface area contributed by atoms with Crippen LogP contribution in [0.15, 0.2) is 67.0 Å². The van der Waals surface area contributed by atoms with Gasteiger partial charge in [0.2, 0.25) is 11.9 Å². The molecule has 0 unspecified atom stereocenters. The minimum atomic E-state index is 0.223. The lowest BCUT2D eigenvalue weighted by Gasteiger charge is -2.32. The number of rotatable bonds is 8. The summed E-state index contributed by atoms with van der Waals surface area (Å²) in [6, 6.07) is 20.3. The number of aromatic nitrogens is 5. The van der Waals surface area contributed by atoms with Gasteiger partial charge in [-0.05, 0) is 30.5 Å². The molecule has 10 heteroatoms. The topological polar surface area (TPSA) is 119 Å². The smallest absolute Gasteiger partial charge is 0.249 e. The molecule has 3 heterocycles. The molecule has 2 aromatic heterocycles. The van der Waals surface area contributed by atoms with Crippen LogP contribution < -0.4 is 21.1 Å². The molecule has 5 rings (SSSR count). The summed E-state index contributed by atoms with van der Waals surface area (Å²) in [6.45, 7) is 3.07. The SMILES string of the molecule is COc1ccccc1Nc1nc(N)n(-c2cc(NC3CCN(Cc4ccccc4)CC3)ncn2)n1. The number of nitrogens with one attached hydrogen (secondary N) is 2. The van der Waals surface area contributed by atoms with Crippen molar-refractivity contribution >= 4 is 23.4 Å². The molecule has 0 atom stereocenters. The Kier molecular flexibility index (Phi) is 6.71. The van der Waals surface area contributed by atoms with Crippen LogP contribution in [0.1, 0.15) is 18.4 Å². The highest BCUT2D eigenvalue weighted by atomic mass is 16.5. The Labute approximate surface area is 204 Å². The fourth-order valence-corrected chi connectivity index (χ4v) is 4.24. The monoisotopic (exact) mass is 471 g/mol. The van der Waals surface area contributed by atoms with Gasteiger partial charge in [0.1, 0.15) is 17.9 Å². The van der Waals surface area contributed by atoms with Crippen molar-refractivity contribution < 1.29 is 4.74 Å². The van der Waals surface area contributed by atoms with Crippen LogP contribution in [0, 0.1) is 0 Å². The maximum atomic E-state index is 6.14. The second-order valence-corrected chi connectivity index (χ2v) is 8.47. The third-order valence-electron chi connectivity index (χ3n) is 6.04. The first-order valence-electron chi connectivity index (χ1n) is 11.7. The van der Waals surface area contributed by atoms with Crippen molar-refractivity contribution in [3.05, 3.63) is 72.6 Å². The Balaban J connectivity index is 1.22. The van der Waals surface area contributed by atoms with E-state index in [2.05, 4.69) is 65.9 Å². The van der Waals surface area contributed by atoms with E-state index >= 15 is 0 Å². The highest BCUT2D eigenvalue weighted by Crippen LogP contribution is 2.26. The maximum Gasteiger partial charge on any atom is 0.249 e. The van der Waals surface area contributed by atoms with Crippen LogP contribution in [0.3, 0.4) is 0 Å². The van der Waals surface area contributed by atoms with Crippen LogP contribution in [0.25, 0.3) is 5.82 Å². The largest absolute Gasteiger partial charge is 0.495 e. The number of nitrogens with two attached hydrogens (primary N) is 1. The fraction of sp³-hybridized carbons (Fsp3) is 0.280. The van der Waals surface area contributed by atoms with Crippen LogP contribution in [0.2, 0.25) is 0 Å². The van der Waals surface area contributed by atoms with E-state index in [1.165, 1.54) is 16.6 Å². The lowest BCUT2D eigenvalue weighted by Crippen LogP contribution is -2.38. The Bertz CT molecular complexity index is 1250. The average molecular weight is 472 g/mol. The number of ether oxygens (including phenoxy) is 1. The van der Waals surface area contributed by atoms with E-state index in [9.17, 15) is 0 Å². The molecule has 10 nitrogen and oxygen atoms in total. The summed E-state index contributed by atoms with van der Waals surface area (Å²) in [7, 11) is 1.61. The molecule has 0 amide bonds. The number of likely N-dealkylation sites (tertiary alicyclic amines) is 1. The molecule has 1 aliphatic heterocycles. The highest BCUT2D eigenvalue weighted by Gasteiger charge is 2.20. The first-order chi connectivity index (χ1) is 17.2. The minimum absolute atomic E-state index is 0.223. The summed E-state index contributed by atoms with van der Waals surface area (Å²) in [5, 5.41) is 11.2. The normalized spacial score (nSPS) is 14.5.